The zero-order valence-corrected chi connectivity index (χ0v) is 19.5. The average Bonchev–Trinajstić information content (AvgIpc) is 3.20. The minimum atomic E-state index is -0.615. The Morgan fingerprint density at radius 1 is 1.25 bits per heavy atom. The number of para-hydroxylation sites is 1. The summed E-state index contributed by atoms with van der Waals surface area (Å²) in [6, 6.07) is 13.4. The zero-order chi connectivity index (χ0) is 22.7. The number of aromatic nitrogens is 1. The number of hydrogen-bond acceptors (Lipinski definition) is 3. The number of hydrogen-bond donors (Lipinski definition) is 3. The highest BCUT2D eigenvalue weighted by molar-refractivity contribution is 6.30. The van der Waals surface area contributed by atoms with Gasteiger partial charge in [-0.05, 0) is 61.4 Å². The number of aliphatic hydroxyl groups is 1. The van der Waals surface area contributed by atoms with Gasteiger partial charge in [0.2, 0.25) is 0 Å². The van der Waals surface area contributed by atoms with Gasteiger partial charge in [0.15, 0.2) is 0 Å². The van der Waals surface area contributed by atoms with E-state index < -0.39 is 6.10 Å². The first-order valence-corrected chi connectivity index (χ1v) is 11.9. The number of rotatable bonds is 7. The van der Waals surface area contributed by atoms with Gasteiger partial charge in [0, 0.05) is 42.3 Å². The van der Waals surface area contributed by atoms with Crippen LogP contribution in [0.3, 0.4) is 0 Å². The molecule has 6 heteroatoms. The Morgan fingerprint density at radius 3 is 2.75 bits per heavy atom. The van der Waals surface area contributed by atoms with Crippen molar-refractivity contribution >= 4 is 28.4 Å². The van der Waals surface area contributed by atoms with Gasteiger partial charge in [0.05, 0.1) is 17.2 Å². The molecule has 0 spiro atoms. The quantitative estimate of drug-likeness (QED) is 0.474. The number of H-pyrrole nitrogens is 1. The minimum Gasteiger partial charge on any atom is -0.387 e. The zero-order valence-electron chi connectivity index (χ0n) is 18.8. The molecule has 1 aromatic heterocycles. The van der Waals surface area contributed by atoms with Crippen molar-refractivity contribution in [1.82, 2.24) is 15.2 Å². The first-order valence-electron chi connectivity index (χ1n) is 11.5. The maximum atomic E-state index is 13.1. The predicted molar refractivity (Wildman–Crippen MR) is 130 cm³/mol. The van der Waals surface area contributed by atoms with Gasteiger partial charge in [-0.25, -0.2) is 0 Å². The number of nitrogens with one attached hydrogen (secondary N) is 2. The third-order valence-corrected chi connectivity index (χ3v) is 6.76. The van der Waals surface area contributed by atoms with Crippen molar-refractivity contribution in [2.45, 2.75) is 45.3 Å². The number of carbonyl (C=O) groups excluding carboxylic acids is 1. The molecule has 0 radical (unpaired) electrons. The van der Waals surface area contributed by atoms with Crippen LogP contribution in [0.4, 0.5) is 0 Å². The number of likely N-dealkylation sites (tertiary alicyclic amines) is 1. The summed E-state index contributed by atoms with van der Waals surface area (Å²) in [5.41, 5.74) is 3.64. The van der Waals surface area contributed by atoms with Crippen LogP contribution in [0, 0.1) is 5.92 Å². The Bertz CT molecular complexity index is 1070. The second-order valence-corrected chi connectivity index (χ2v) is 9.54. The molecule has 170 valence electrons. The van der Waals surface area contributed by atoms with Gasteiger partial charge in [-0.15, -0.1) is 0 Å². The molecular weight excluding hydrogens is 422 g/mol. The number of aliphatic hydroxyl groups excluding tert-OH is 1. The van der Waals surface area contributed by atoms with E-state index in [0.717, 1.165) is 54.4 Å². The monoisotopic (exact) mass is 453 g/mol. The van der Waals surface area contributed by atoms with E-state index in [-0.39, 0.29) is 11.9 Å². The van der Waals surface area contributed by atoms with Crippen molar-refractivity contribution in [2.24, 2.45) is 5.92 Å². The highest BCUT2D eigenvalue weighted by Gasteiger charge is 2.23. The molecule has 0 unspecified atom stereocenters. The standard InChI is InChI=1S/C26H32ClN3O2/c1-17-9-11-30(12-10-17)26(32)23-8-4-7-22-20(15-29-25(22)23)13-18(2)28-16-24(31)19-5-3-6-21(27)14-19/h3-8,14-15,17-18,24,28-29,31H,9-13,16H2,1-2H3/t18-,24+/m1/s1. The second-order valence-electron chi connectivity index (χ2n) is 9.10. The Kier molecular flexibility index (Phi) is 7.19. The molecule has 2 heterocycles. The van der Waals surface area contributed by atoms with Gasteiger partial charge < -0.3 is 20.3 Å². The van der Waals surface area contributed by atoms with Crippen LogP contribution in [0.5, 0.6) is 0 Å². The van der Waals surface area contributed by atoms with Crippen LogP contribution in [0.1, 0.15) is 54.3 Å². The minimum absolute atomic E-state index is 0.117. The summed E-state index contributed by atoms with van der Waals surface area (Å²) in [6.45, 7) is 6.47. The number of nitrogens with zero attached hydrogens (tertiary/aromatic N) is 1. The molecule has 0 saturated carbocycles. The third kappa shape index (κ3) is 5.17. The highest BCUT2D eigenvalue weighted by Crippen LogP contribution is 2.26. The average molecular weight is 454 g/mol. The van der Waals surface area contributed by atoms with Gasteiger partial charge in [-0.2, -0.15) is 0 Å². The summed E-state index contributed by atoms with van der Waals surface area (Å²) in [5, 5.41) is 15.6. The fourth-order valence-electron chi connectivity index (χ4n) is 4.49. The van der Waals surface area contributed by atoms with E-state index in [0.29, 0.717) is 17.5 Å². The Labute approximate surface area is 194 Å². The maximum absolute atomic E-state index is 13.1. The van der Waals surface area contributed by atoms with Crippen LogP contribution in [-0.4, -0.2) is 46.6 Å². The normalized spacial score (nSPS) is 16.9. The fourth-order valence-corrected chi connectivity index (χ4v) is 4.69. The molecule has 32 heavy (non-hydrogen) atoms. The molecule has 1 saturated heterocycles. The topological polar surface area (TPSA) is 68.4 Å². The van der Waals surface area contributed by atoms with E-state index in [1.165, 1.54) is 5.56 Å². The SMILES string of the molecule is CC1CCN(C(=O)c2cccc3c(C[C@@H](C)NC[C@H](O)c4cccc(Cl)c4)c[nH]c23)CC1. The molecule has 0 bridgehead atoms. The maximum Gasteiger partial charge on any atom is 0.255 e. The fraction of sp³-hybridized carbons (Fsp3) is 0.423. The lowest BCUT2D eigenvalue weighted by molar-refractivity contribution is 0.0699. The lowest BCUT2D eigenvalue weighted by atomic mass is 9.98. The molecule has 1 amide bonds. The number of amides is 1. The van der Waals surface area contributed by atoms with E-state index in [1.807, 2.05) is 35.4 Å². The second kappa shape index (κ2) is 10.1. The molecule has 2 atom stereocenters. The Balaban J connectivity index is 1.41. The molecule has 2 aromatic carbocycles. The van der Waals surface area contributed by atoms with Crippen LogP contribution >= 0.6 is 11.6 Å². The molecule has 1 aliphatic rings. The largest absolute Gasteiger partial charge is 0.387 e. The van der Waals surface area contributed by atoms with Crippen molar-refractivity contribution in [1.29, 1.82) is 0 Å². The van der Waals surface area contributed by atoms with Crippen molar-refractivity contribution in [3.8, 4) is 0 Å². The first kappa shape index (κ1) is 22.8. The number of fused-ring (bicyclic) bond motifs is 1. The van der Waals surface area contributed by atoms with Crippen LogP contribution in [-0.2, 0) is 6.42 Å². The van der Waals surface area contributed by atoms with Gasteiger partial charge in [-0.1, -0.05) is 42.8 Å². The van der Waals surface area contributed by atoms with Crippen molar-refractivity contribution in [3.05, 3.63) is 70.4 Å². The van der Waals surface area contributed by atoms with Gasteiger partial charge in [-0.3, -0.25) is 4.79 Å². The highest BCUT2D eigenvalue weighted by atomic mass is 35.5. The van der Waals surface area contributed by atoms with Crippen LogP contribution in [0.2, 0.25) is 5.02 Å². The van der Waals surface area contributed by atoms with Crippen molar-refractivity contribution in [2.75, 3.05) is 19.6 Å². The summed E-state index contributed by atoms with van der Waals surface area (Å²) < 4.78 is 0. The molecule has 4 rings (SSSR count). The van der Waals surface area contributed by atoms with Crippen molar-refractivity contribution < 1.29 is 9.90 Å². The molecule has 0 aliphatic carbocycles. The molecule has 5 nitrogen and oxygen atoms in total. The number of carbonyl (C=O) groups is 1. The first-order chi connectivity index (χ1) is 15.4. The number of piperidine rings is 1. The van der Waals surface area contributed by atoms with Crippen LogP contribution in [0.25, 0.3) is 10.9 Å². The summed E-state index contributed by atoms with van der Waals surface area (Å²) in [5.74, 6) is 0.810. The smallest absolute Gasteiger partial charge is 0.255 e. The predicted octanol–water partition coefficient (Wildman–Crippen LogP) is 4.95. The lowest BCUT2D eigenvalue weighted by Crippen LogP contribution is -2.38. The van der Waals surface area contributed by atoms with E-state index in [9.17, 15) is 9.90 Å². The third-order valence-electron chi connectivity index (χ3n) is 6.52. The Hall–Kier alpha value is -2.34. The molecule has 3 aromatic rings. The van der Waals surface area contributed by atoms with Gasteiger partial charge in [0.25, 0.3) is 5.91 Å². The molecule has 3 N–H and O–H groups in total. The summed E-state index contributed by atoms with van der Waals surface area (Å²) in [6.07, 6.45) is 4.33. The number of halogens is 1. The van der Waals surface area contributed by atoms with E-state index >= 15 is 0 Å². The summed E-state index contributed by atoms with van der Waals surface area (Å²) in [7, 11) is 0. The Morgan fingerprint density at radius 2 is 2.00 bits per heavy atom. The van der Waals surface area contributed by atoms with E-state index in [1.54, 1.807) is 12.1 Å². The van der Waals surface area contributed by atoms with E-state index in [4.69, 9.17) is 11.6 Å². The van der Waals surface area contributed by atoms with Gasteiger partial charge in [0.1, 0.15) is 0 Å². The summed E-state index contributed by atoms with van der Waals surface area (Å²) >= 11 is 6.03. The number of aromatic amines is 1. The van der Waals surface area contributed by atoms with Crippen LogP contribution in [0.15, 0.2) is 48.7 Å². The van der Waals surface area contributed by atoms with Crippen LogP contribution < -0.4 is 5.32 Å². The molecule has 1 aliphatic heterocycles. The summed E-state index contributed by atoms with van der Waals surface area (Å²) in [4.78, 5) is 18.5. The lowest BCUT2D eigenvalue weighted by Gasteiger charge is -2.30. The number of benzene rings is 2. The van der Waals surface area contributed by atoms with E-state index in [2.05, 4.69) is 30.2 Å². The molecule has 1 fully saturated rings. The van der Waals surface area contributed by atoms with Gasteiger partial charge >= 0.3 is 0 Å². The van der Waals surface area contributed by atoms with Crippen molar-refractivity contribution in [3.63, 3.8) is 0 Å². The molecular formula is C26H32ClN3O2.